The van der Waals surface area contributed by atoms with Crippen LogP contribution in [0.2, 0.25) is 0 Å². The van der Waals surface area contributed by atoms with Gasteiger partial charge in [0.2, 0.25) is 5.91 Å². The summed E-state index contributed by atoms with van der Waals surface area (Å²) in [6.45, 7) is 11.1. The molecule has 1 heterocycles. The molecular formula is C15H21N3O2. The Morgan fingerprint density at radius 3 is 2.60 bits per heavy atom. The van der Waals surface area contributed by atoms with Gasteiger partial charge in [-0.15, -0.1) is 0 Å². The van der Waals surface area contributed by atoms with Gasteiger partial charge >= 0.3 is 0 Å². The van der Waals surface area contributed by atoms with Crippen LogP contribution in [-0.2, 0) is 9.59 Å². The fraction of sp³-hybridized carbons (Fsp3) is 0.333. The number of nitrogens with one attached hydrogen (secondary N) is 3. The number of aromatic nitrogens is 1. The van der Waals surface area contributed by atoms with Crippen molar-refractivity contribution in [2.24, 2.45) is 0 Å². The Morgan fingerprint density at radius 2 is 2.10 bits per heavy atom. The summed E-state index contributed by atoms with van der Waals surface area (Å²) in [4.78, 5) is 26.3. The summed E-state index contributed by atoms with van der Waals surface area (Å²) in [5, 5.41) is 5.73. The number of aromatic amines is 1. The van der Waals surface area contributed by atoms with Crippen LogP contribution >= 0.6 is 0 Å². The van der Waals surface area contributed by atoms with Crippen molar-refractivity contribution in [3.05, 3.63) is 48.5 Å². The molecule has 1 amide bonds. The van der Waals surface area contributed by atoms with Crippen molar-refractivity contribution in [2.75, 3.05) is 6.54 Å². The van der Waals surface area contributed by atoms with Gasteiger partial charge in [-0.05, 0) is 18.6 Å². The summed E-state index contributed by atoms with van der Waals surface area (Å²) in [6, 6.07) is 1.39. The molecule has 5 heteroatoms. The van der Waals surface area contributed by atoms with Crippen molar-refractivity contribution < 1.29 is 9.59 Å². The highest BCUT2D eigenvalue weighted by molar-refractivity contribution is 5.92. The molecule has 0 saturated carbocycles. The second kappa shape index (κ2) is 7.33. The number of ketones is 1. The number of carbonyl (C=O) groups excluding carboxylic acids is 2. The van der Waals surface area contributed by atoms with Crippen molar-refractivity contribution in [2.45, 2.75) is 26.3 Å². The van der Waals surface area contributed by atoms with Crippen LogP contribution in [0.15, 0.2) is 42.9 Å². The maximum atomic E-state index is 12.0. The Labute approximate surface area is 119 Å². The SMILES string of the molecule is C=C(CNC(=O)C(=C)C)NC(C(=O)CC)c1cc[nH]c1. The third-order valence-electron chi connectivity index (χ3n) is 2.82. The Balaban J connectivity index is 2.62. The van der Waals surface area contributed by atoms with E-state index in [4.69, 9.17) is 0 Å². The number of hydrogen-bond acceptors (Lipinski definition) is 3. The van der Waals surface area contributed by atoms with E-state index in [0.717, 1.165) is 5.56 Å². The number of H-pyrrole nitrogens is 1. The Bertz CT molecular complexity index is 503. The first-order valence-corrected chi connectivity index (χ1v) is 6.49. The first-order chi connectivity index (χ1) is 9.45. The topological polar surface area (TPSA) is 74.0 Å². The third-order valence-corrected chi connectivity index (χ3v) is 2.82. The molecule has 0 radical (unpaired) electrons. The summed E-state index contributed by atoms with van der Waals surface area (Å²) in [7, 11) is 0. The van der Waals surface area contributed by atoms with Crippen LogP contribution < -0.4 is 10.6 Å². The van der Waals surface area contributed by atoms with Gasteiger partial charge < -0.3 is 15.6 Å². The zero-order chi connectivity index (χ0) is 15.1. The second-order valence-corrected chi connectivity index (χ2v) is 4.61. The minimum Gasteiger partial charge on any atom is -0.374 e. The molecule has 0 aliphatic heterocycles. The lowest BCUT2D eigenvalue weighted by molar-refractivity contribution is -0.120. The number of rotatable bonds is 8. The van der Waals surface area contributed by atoms with Gasteiger partial charge in [-0.25, -0.2) is 0 Å². The van der Waals surface area contributed by atoms with Gasteiger partial charge in [0.25, 0.3) is 0 Å². The van der Waals surface area contributed by atoms with Crippen molar-refractivity contribution in [3.8, 4) is 0 Å². The van der Waals surface area contributed by atoms with E-state index >= 15 is 0 Å². The van der Waals surface area contributed by atoms with E-state index in [-0.39, 0.29) is 18.2 Å². The lowest BCUT2D eigenvalue weighted by Crippen LogP contribution is -2.34. The monoisotopic (exact) mass is 275 g/mol. The minimum absolute atomic E-state index is 0.0666. The average Bonchev–Trinajstić information content (AvgIpc) is 2.94. The molecule has 0 aliphatic carbocycles. The van der Waals surface area contributed by atoms with E-state index < -0.39 is 6.04 Å². The van der Waals surface area contributed by atoms with Crippen molar-refractivity contribution >= 4 is 11.7 Å². The van der Waals surface area contributed by atoms with Gasteiger partial charge in [0, 0.05) is 30.1 Å². The Kier molecular flexibility index (Phi) is 5.77. The summed E-state index contributed by atoms with van der Waals surface area (Å²) in [5.41, 5.74) is 1.86. The normalized spacial score (nSPS) is 11.5. The van der Waals surface area contributed by atoms with E-state index in [9.17, 15) is 9.59 Å². The molecule has 0 fully saturated rings. The maximum Gasteiger partial charge on any atom is 0.246 e. The molecule has 0 aromatic carbocycles. The Hall–Kier alpha value is -2.30. The quantitative estimate of drug-likeness (QED) is 0.634. The second-order valence-electron chi connectivity index (χ2n) is 4.61. The first kappa shape index (κ1) is 15.8. The minimum atomic E-state index is -0.444. The molecule has 1 aromatic heterocycles. The van der Waals surface area contributed by atoms with E-state index in [1.54, 1.807) is 19.3 Å². The first-order valence-electron chi connectivity index (χ1n) is 6.49. The number of carbonyl (C=O) groups is 2. The molecule has 1 unspecified atom stereocenters. The van der Waals surface area contributed by atoms with E-state index in [1.807, 2.05) is 13.0 Å². The van der Waals surface area contributed by atoms with Crippen molar-refractivity contribution in [1.29, 1.82) is 0 Å². The predicted molar refractivity (Wildman–Crippen MR) is 78.9 cm³/mol. The van der Waals surface area contributed by atoms with Gasteiger partial charge in [0.1, 0.15) is 6.04 Å². The molecule has 0 bridgehead atoms. The fourth-order valence-corrected chi connectivity index (χ4v) is 1.66. The van der Waals surface area contributed by atoms with E-state index in [1.165, 1.54) is 0 Å². The average molecular weight is 275 g/mol. The van der Waals surface area contributed by atoms with Gasteiger partial charge in [-0.3, -0.25) is 9.59 Å². The van der Waals surface area contributed by atoms with Crippen LogP contribution in [0.4, 0.5) is 0 Å². The zero-order valence-corrected chi connectivity index (χ0v) is 12.0. The summed E-state index contributed by atoms with van der Waals surface area (Å²) < 4.78 is 0. The van der Waals surface area contributed by atoms with Gasteiger partial charge in [0.15, 0.2) is 5.78 Å². The molecule has 3 N–H and O–H groups in total. The lowest BCUT2D eigenvalue weighted by atomic mass is 10.0. The number of hydrogen-bond donors (Lipinski definition) is 3. The van der Waals surface area contributed by atoms with Crippen molar-refractivity contribution in [3.63, 3.8) is 0 Å². The summed E-state index contributed by atoms with van der Waals surface area (Å²) in [5.74, 6) is -0.162. The van der Waals surface area contributed by atoms with Gasteiger partial charge in [-0.2, -0.15) is 0 Å². The van der Waals surface area contributed by atoms with Crippen LogP contribution in [0.3, 0.4) is 0 Å². The van der Waals surface area contributed by atoms with Crippen LogP contribution in [0.1, 0.15) is 31.9 Å². The fourth-order valence-electron chi connectivity index (χ4n) is 1.66. The highest BCUT2D eigenvalue weighted by Gasteiger charge is 2.19. The van der Waals surface area contributed by atoms with E-state index in [0.29, 0.717) is 17.7 Å². The highest BCUT2D eigenvalue weighted by Crippen LogP contribution is 2.16. The lowest BCUT2D eigenvalue weighted by Gasteiger charge is -2.19. The van der Waals surface area contributed by atoms with Crippen LogP contribution in [0.25, 0.3) is 0 Å². The van der Waals surface area contributed by atoms with Gasteiger partial charge in [-0.1, -0.05) is 20.1 Å². The molecule has 20 heavy (non-hydrogen) atoms. The maximum absolute atomic E-state index is 12.0. The molecule has 0 aliphatic rings. The van der Waals surface area contributed by atoms with Crippen LogP contribution in [0, 0.1) is 0 Å². The Morgan fingerprint density at radius 1 is 1.40 bits per heavy atom. The number of amides is 1. The smallest absolute Gasteiger partial charge is 0.246 e. The highest BCUT2D eigenvalue weighted by atomic mass is 16.1. The zero-order valence-electron chi connectivity index (χ0n) is 12.0. The van der Waals surface area contributed by atoms with Crippen molar-refractivity contribution in [1.82, 2.24) is 15.6 Å². The molecule has 0 saturated heterocycles. The van der Waals surface area contributed by atoms with E-state index in [2.05, 4.69) is 28.8 Å². The summed E-state index contributed by atoms with van der Waals surface area (Å²) >= 11 is 0. The standard InChI is InChI=1S/C15H21N3O2/c1-5-13(19)14(12-6-7-16-9-12)18-11(4)8-17-15(20)10(2)3/h6-7,9,14,16,18H,2,4-5,8H2,1,3H3,(H,17,20). The molecule has 0 spiro atoms. The molecule has 108 valence electrons. The molecule has 1 rings (SSSR count). The van der Waals surface area contributed by atoms with Crippen LogP contribution in [0.5, 0.6) is 0 Å². The van der Waals surface area contributed by atoms with Crippen LogP contribution in [-0.4, -0.2) is 23.2 Å². The largest absolute Gasteiger partial charge is 0.374 e. The van der Waals surface area contributed by atoms with Gasteiger partial charge in [0.05, 0.1) is 6.54 Å². The summed E-state index contributed by atoms with van der Waals surface area (Å²) in [6.07, 6.45) is 3.96. The molecule has 1 aromatic rings. The molecule has 5 nitrogen and oxygen atoms in total. The number of Topliss-reactive ketones (excluding diaryl/α,β-unsaturated/α-hetero) is 1. The third kappa shape index (κ3) is 4.42. The molecular weight excluding hydrogens is 254 g/mol. The molecule has 1 atom stereocenters. The predicted octanol–water partition coefficient (Wildman–Crippen LogP) is 1.83.